The summed E-state index contributed by atoms with van der Waals surface area (Å²) in [4.78, 5) is 12.0. The van der Waals surface area contributed by atoms with E-state index in [0.717, 1.165) is 12.8 Å². The van der Waals surface area contributed by atoms with Gasteiger partial charge in [0.1, 0.15) is 0 Å². The number of nitrogens with one attached hydrogen (secondary N) is 2. The summed E-state index contributed by atoms with van der Waals surface area (Å²) in [5, 5.41) is 2.76. The van der Waals surface area contributed by atoms with E-state index in [1.54, 1.807) is 13.8 Å². The van der Waals surface area contributed by atoms with Crippen molar-refractivity contribution in [3.05, 3.63) is 29.8 Å². The van der Waals surface area contributed by atoms with Gasteiger partial charge < -0.3 is 11.1 Å². The lowest BCUT2D eigenvalue weighted by atomic mass is 10.2. The van der Waals surface area contributed by atoms with E-state index in [0.29, 0.717) is 18.7 Å². The van der Waals surface area contributed by atoms with E-state index in [-0.39, 0.29) is 16.8 Å². The Balaban J connectivity index is 2.67. The number of hydrogen-bond acceptors (Lipinski definition) is 4. The van der Waals surface area contributed by atoms with Crippen molar-refractivity contribution in [2.45, 2.75) is 37.6 Å². The zero-order chi connectivity index (χ0) is 15.9. The Kier molecular flexibility index (Phi) is 6.80. The van der Waals surface area contributed by atoms with Gasteiger partial charge in [-0.2, -0.15) is 0 Å². The molecular weight excluding hydrogens is 290 g/mol. The average Bonchev–Trinajstić information content (AvgIpc) is 2.42. The van der Waals surface area contributed by atoms with Gasteiger partial charge in [0.15, 0.2) is 0 Å². The summed E-state index contributed by atoms with van der Waals surface area (Å²) >= 11 is 0. The second-order valence-corrected chi connectivity index (χ2v) is 6.77. The Morgan fingerprint density at radius 1 is 1.19 bits per heavy atom. The van der Waals surface area contributed by atoms with Crippen LogP contribution in [-0.2, 0) is 10.0 Å². The Hall–Kier alpha value is -1.44. The second-order valence-electron chi connectivity index (χ2n) is 5.05. The van der Waals surface area contributed by atoms with Crippen LogP contribution in [0.4, 0.5) is 0 Å². The van der Waals surface area contributed by atoms with E-state index in [9.17, 15) is 13.2 Å². The molecule has 0 aliphatic heterocycles. The zero-order valence-electron chi connectivity index (χ0n) is 12.4. The van der Waals surface area contributed by atoms with Gasteiger partial charge in [-0.15, -0.1) is 0 Å². The summed E-state index contributed by atoms with van der Waals surface area (Å²) in [5.74, 6) is -0.215. The number of carbonyl (C=O) groups is 1. The predicted octanol–water partition coefficient (Wildman–Crippen LogP) is 0.842. The van der Waals surface area contributed by atoms with Crippen molar-refractivity contribution in [2.75, 3.05) is 13.1 Å². The molecule has 0 bridgehead atoms. The molecule has 6 nitrogen and oxygen atoms in total. The molecule has 7 heteroatoms. The van der Waals surface area contributed by atoms with E-state index in [1.165, 1.54) is 24.3 Å². The summed E-state index contributed by atoms with van der Waals surface area (Å²) in [6, 6.07) is 5.69. The molecule has 1 aromatic carbocycles. The van der Waals surface area contributed by atoms with Gasteiger partial charge in [0, 0.05) is 18.2 Å². The molecule has 0 fully saturated rings. The molecule has 21 heavy (non-hydrogen) atoms. The third kappa shape index (κ3) is 5.82. The normalized spacial score (nSPS) is 11.6. The van der Waals surface area contributed by atoms with Crippen molar-refractivity contribution < 1.29 is 13.2 Å². The number of nitrogens with two attached hydrogens (primary N) is 1. The largest absolute Gasteiger partial charge is 0.352 e. The van der Waals surface area contributed by atoms with Crippen LogP contribution in [0.3, 0.4) is 0 Å². The van der Waals surface area contributed by atoms with Crippen LogP contribution in [0.15, 0.2) is 29.2 Å². The van der Waals surface area contributed by atoms with Gasteiger partial charge in [-0.1, -0.05) is 0 Å². The zero-order valence-corrected chi connectivity index (χ0v) is 13.2. The summed E-state index contributed by atoms with van der Waals surface area (Å²) in [5.41, 5.74) is 5.81. The Bertz CT molecular complexity index is 553. The quantitative estimate of drug-likeness (QED) is 0.619. The number of hydrogen-bond donors (Lipinski definition) is 3. The summed E-state index contributed by atoms with van der Waals surface area (Å²) in [6.45, 7) is 4.66. The SMILES string of the molecule is CC(C)NS(=O)(=O)c1ccc(C(=O)NCCCCN)cc1. The van der Waals surface area contributed by atoms with Crippen LogP contribution < -0.4 is 15.8 Å². The lowest BCUT2D eigenvalue weighted by molar-refractivity contribution is 0.0953. The third-order valence-electron chi connectivity index (χ3n) is 2.73. The van der Waals surface area contributed by atoms with Gasteiger partial charge in [-0.05, 0) is 57.5 Å². The van der Waals surface area contributed by atoms with Crippen LogP contribution in [0.5, 0.6) is 0 Å². The minimum absolute atomic E-state index is 0.149. The maximum Gasteiger partial charge on any atom is 0.251 e. The third-order valence-corrected chi connectivity index (χ3v) is 4.41. The number of rotatable bonds is 8. The van der Waals surface area contributed by atoms with Gasteiger partial charge in [0.05, 0.1) is 4.90 Å². The Morgan fingerprint density at radius 3 is 2.33 bits per heavy atom. The highest BCUT2D eigenvalue weighted by atomic mass is 32.2. The first-order valence-corrected chi connectivity index (χ1v) is 8.46. The number of benzene rings is 1. The van der Waals surface area contributed by atoms with Crippen LogP contribution in [0.2, 0.25) is 0 Å². The minimum atomic E-state index is -3.52. The minimum Gasteiger partial charge on any atom is -0.352 e. The van der Waals surface area contributed by atoms with Gasteiger partial charge >= 0.3 is 0 Å². The van der Waals surface area contributed by atoms with E-state index in [4.69, 9.17) is 5.73 Å². The molecule has 0 saturated carbocycles. The number of carbonyl (C=O) groups excluding carboxylic acids is 1. The van der Waals surface area contributed by atoms with Crippen LogP contribution in [0, 0.1) is 0 Å². The van der Waals surface area contributed by atoms with Crippen LogP contribution in [-0.4, -0.2) is 33.5 Å². The molecule has 1 rings (SSSR count). The average molecular weight is 313 g/mol. The molecule has 4 N–H and O–H groups in total. The molecule has 0 aliphatic rings. The van der Waals surface area contributed by atoms with Crippen LogP contribution in [0.25, 0.3) is 0 Å². The van der Waals surface area contributed by atoms with Crippen molar-refractivity contribution >= 4 is 15.9 Å². The molecule has 0 spiro atoms. The maximum atomic E-state index is 11.9. The molecule has 1 amide bonds. The standard InChI is InChI=1S/C14H23N3O3S/c1-11(2)17-21(19,20)13-7-5-12(6-8-13)14(18)16-10-4-3-9-15/h5-8,11,17H,3-4,9-10,15H2,1-2H3,(H,16,18). The fourth-order valence-corrected chi connectivity index (χ4v) is 2.99. The lowest BCUT2D eigenvalue weighted by Gasteiger charge is -2.10. The fourth-order valence-electron chi connectivity index (χ4n) is 1.74. The van der Waals surface area contributed by atoms with Crippen molar-refractivity contribution in [3.8, 4) is 0 Å². The van der Waals surface area contributed by atoms with E-state index >= 15 is 0 Å². The van der Waals surface area contributed by atoms with Gasteiger partial charge in [0.2, 0.25) is 10.0 Å². The molecule has 118 valence electrons. The van der Waals surface area contributed by atoms with Crippen LogP contribution in [0.1, 0.15) is 37.0 Å². The van der Waals surface area contributed by atoms with E-state index in [2.05, 4.69) is 10.0 Å². The van der Waals surface area contributed by atoms with Crippen molar-refractivity contribution in [3.63, 3.8) is 0 Å². The molecule has 0 atom stereocenters. The molecule has 0 aromatic heterocycles. The highest BCUT2D eigenvalue weighted by Gasteiger charge is 2.15. The first-order chi connectivity index (χ1) is 9.86. The molecule has 0 unspecified atom stereocenters. The Morgan fingerprint density at radius 2 is 1.81 bits per heavy atom. The van der Waals surface area contributed by atoms with Crippen molar-refractivity contribution in [2.24, 2.45) is 5.73 Å². The highest BCUT2D eigenvalue weighted by Crippen LogP contribution is 2.11. The molecule has 0 aliphatic carbocycles. The summed E-state index contributed by atoms with van der Waals surface area (Å²) in [7, 11) is -3.52. The van der Waals surface area contributed by atoms with E-state index in [1.807, 2.05) is 0 Å². The van der Waals surface area contributed by atoms with E-state index < -0.39 is 10.0 Å². The van der Waals surface area contributed by atoms with Crippen LogP contribution >= 0.6 is 0 Å². The number of amides is 1. The maximum absolute atomic E-state index is 11.9. The summed E-state index contributed by atoms with van der Waals surface area (Å²) < 4.78 is 26.4. The predicted molar refractivity (Wildman–Crippen MR) is 82.5 cm³/mol. The summed E-state index contributed by atoms with van der Waals surface area (Å²) in [6.07, 6.45) is 1.69. The number of unbranched alkanes of at least 4 members (excludes halogenated alkanes) is 1. The van der Waals surface area contributed by atoms with Crippen molar-refractivity contribution in [1.82, 2.24) is 10.0 Å². The smallest absolute Gasteiger partial charge is 0.251 e. The molecule has 0 heterocycles. The number of sulfonamides is 1. The first-order valence-electron chi connectivity index (χ1n) is 6.97. The monoisotopic (exact) mass is 313 g/mol. The van der Waals surface area contributed by atoms with Gasteiger partial charge in [-0.25, -0.2) is 13.1 Å². The topological polar surface area (TPSA) is 101 Å². The fraction of sp³-hybridized carbons (Fsp3) is 0.500. The first kappa shape index (κ1) is 17.6. The molecule has 1 aromatic rings. The van der Waals surface area contributed by atoms with Crippen molar-refractivity contribution in [1.29, 1.82) is 0 Å². The second kappa shape index (κ2) is 8.11. The molecular formula is C14H23N3O3S. The Labute approximate surface area is 126 Å². The van der Waals surface area contributed by atoms with Gasteiger partial charge in [0.25, 0.3) is 5.91 Å². The lowest BCUT2D eigenvalue weighted by Crippen LogP contribution is -2.30. The molecule has 0 radical (unpaired) electrons. The molecule has 0 saturated heterocycles. The highest BCUT2D eigenvalue weighted by molar-refractivity contribution is 7.89. The van der Waals surface area contributed by atoms with Gasteiger partial charge in [-0.3, -0.25) is 4.79 Å².